The number of hydrogen-bond donors (Lipinski definition) is 6. The second-order valence-electron chi connectivity index (χ2n) is 16.6. The number of aromatic nitrogens is 6. The van der Waals surface area contributed by atoms with E-state index in [0.717, 1.165) is 60.7 Å². The van der Waals surface area contributed by atoms with E-state index in [0.29, 0.717) is 0 Å². The fraction of sp³-hybridized carbons (Fsp3) is 0.111. The van der Waals surface area contributed by atoms with Gasteiger partial charge in [-0.1, -0.05) is 24.3 Å². The van der Waals surface area contributed by atoms with Crippen LogP contribution in [0.25, 0.3) is 21.5 Å². The Hall–Kier alpha value is -6.11. The third kappa shape index (κ3) is 18.9. The topological polar surface area (TPSA) is 462 Å². The van der Waals surface area contributed by atoms with E-state index in [9.17, 15) is 70.3 Å². The minimum Gasteiger partial charge on any atom is -0.744 e. The molecule has 40 heteroatoms. The van der Waals surface area contributed by atoms with Crippen molar-refractivity contribution in [3.63, 3.8) is 0 Å². The van der Waals surface area contributed by atoms with E-state index in [4.69, 9.17) is 0 Å². The molecule has 0 bridgehead atoms. The number of carbonyl (C=O) groups excluding carboxylic acids is 2. The number of nitrogens with one attached hydrogen (secondary N) is 6. The molecule has 2 aromatic heterocycles. The summed E-state index contributed by atoms with van der Waals surface area (Å²) in [7, 11) is -20.8. The monoisotopic (exact) mass is 1250 g/mol. The molecule has 0 spiro atoms. The molecule has 0 radical (unpaired) electrons. The van der Waals surface area contributed by atoms with Crippen LogP contribution in [0.5, 0.6) is 0 Å². The van der Waals surface area contributed by atoms with Gasteiger partial charge in [-0.3, -0.25) is 9.59 Å². The molecule has 2 amide bonds. The first-order valence-corrected chi connectivity index (χ1v) is 28.2. The van der Waals surface area contributed by atoms with E-state index >= 15 is 0 Å². The number of hydrogen-bond acceptors (Lipinski definition) is 28. The molecule has 0 saturated carbocycles. The summed E-state index contributed by atoms with van der Waals surface area (Å²) in [5, 5.41) is 30.6. The number of carbonyl (C=O) groups is 2. The number of halogens is 2. The number of rotatable bonds is 20. The molecular weight excluding hydrogens is 1210 g/mol. The first kappa shape index (κ1) is 71.4. The van der Waals surface area contributed by atoms with Gasteiger partial charge in [0.05, 0.1) is 42.3 Å². The second-order valence-corrected chi connectivity index (χ2v) is 22.0. The van der Waals surface area contributed by atoms with Crippen LogP contribution < -0.4 is 129 Å². The molecular formula is C45H34F2Li2N16Na2O14S4. The van der Waals surface area contributed by atoms with E-state index < -0.39 is 94.8 Å². The minimum absolute atomic E-state index is 0. The summed E-state index contributed by atoms with van der Waals surface area (Å²) in [5.74, 6) is -2.24. The fourth-order valence-electron chi connectivity index (χ4n) is 7.51. The maximum atomic E-state index is 14.7. The van der Waals surface area contributed by atoms with Gasteiger partial charge in [-0.2, -0.15) is 48.9 Å². The quantitative estimate of drug-likeness (QED) is 0.0179. The third-order valence-electron chi connectivity index (χ3n) is 10.7. The van der Waals surface area contributed by atoms with Crippen molar-refractivity contribution in [1.29, 1.82) is 0 Å². The van der Waals surface area contributed by atoms with Crippen molar-refractivity contribution in [2.24, 2.45) is 20.5 Å². The maximum Gasteiger partial charge on any atom is 1.00 e. The Morgan fingerprint density at radius 3 is 1.15 bits per heavy atom. The molecule has 8 rings (SSSR count). The normalized spacial score (nSPS) is 11.7. The summed E-state index contributed by atoms with van der Waals surface area (Å²) in [5.41, 5.74) is -0.472. The summed E-state index contributed by atoms with van der Waals surface area (Å²) < 4.78 is 174. The van der Waals surface area contributed by atoms with Crippen LogP contribution in [0, 0.1) is 12.2 Å². The van der Waals surface area contributed by atoms with Crippen LogP contribution in [-0.2, 0) is 50.1 Å². The molecule has 30 nitrogen and oxygen atoms in total. The summed E-state index contributed by atoms with van der Waals surface area (Å²) in [4.78, 5) is 43.7. The van der Waals surface area contributed by atoms with Crippen molar-refractivity contribution in [2.45, 2.75) is 39.9 Å². The van der Waals surface area contributed by atoms with Crippen molar-refractivity contribution in [1.82, 2.24) is 29.9 Å². The van der Waals surface area contributed by atoms with Crippen LogP contribution in [0.15, 0.2) is 137 Å². The average Bonchev–Trinajstić information content (AvgIpc) is 2.37. The molecule has 0 aliphatic carbocycles. The number of amides is 2. The number of azo groups is 2. The van der Waals surface area contributed by atoms with Gasteiger partial charge in [0.15, 0.2) is 0 Å². The molecule has 85 heavy (non-hydrogen) atoms. The van der Waals surface area contributed by atoms with E-state index in [-0.39, 0.29) is 196 Å². The van der Waals surface area contributed by atoms with Crippen molar-refractivity contribution >= 4 is 143 Å². The Labute approximate surface area is 549 Å². The minimum atomic E-state index is -5.23. The van der Waals surface area contributed by atoms with E-state index in [1.807, 2.05) is 0 Å². The molecule has 420 valence electrons. The Kier molecular flexibility index (Phi) is 24.8. The van der Waals surface area contributed by atoms with Crippen molar-refractivity contribution < 1.29 is 167 Å². The van der Waals surface area contributed by atoms with E-state index in [2.05, 4.69) is 82.3 Å². The van der Waals surface area contributed by atoms with Gasteiger partial charge in [-0.25, -0.2) is 33.7 Å². The number of anilines is 8. The van der Waals surface area contributed by atoms with Gasteiger partial charge in [0.2, 0.25) is 35.6 Å². The number of benzene rings is 6. The van der Waals surface area contributed by atoms with Gasteiger partial charge in [0.25, 0.3) is 0 Å². The third-order valence-corrected chi connectivity index (χ3v) is 14.2. The van der Waals surface area contributed by atoms with E-state index in [1.165, 1.54) is 50.2 Å². The van der Waals surface area contributed by atoms with Gasteiger partial charge in [0.1, 0.15) is 51.8 Å². The number of nitrogens with zero attached hydrogens (tertiary/aromatic N) is 10. The molecule has 6 aromatic carbocycles. The summed E-state index contributed by atoms with van der Waals surface area (Å²) in [6.07, 6.45) is -2.17. The van der Waals surface area contributed by atoms with Crippen LogP contribution in [-0.4, -0.2) is 107 Å². The molecule has 0 unspecified atom stereocenters. The zero-order valence-electron chi connectivity index (χ0n) is 44.9. The predicted molar refractivity (Wildman–Crippen MR) is 277 cm³/mol. The molecule has 0 aliphatic heterocycles. The van der Waals surface area contributed by atoms with Gasteiger partial charge >= 0.3 is 109 Å². The van der Waals surface area contributed by atoms with Gasteiger partial charge in [-0.05, 0) is 79.2 Å². The summed E-state index contributed by atoms with van der Waals surface area (Å²) in [6.45, 7) is 2.52. The Balaban J connectivity index is 0.00000387. The average molecular weight is 1250 g/mol. The van der Waals surface area contributed by atoms with Crippen LogP contribution in [0.3, 0.4) is 0 Å². The van der Waals surface area contributed by atoms with Gasteiger partial charge < -0.3 is 50.1 Å². The zero-order chi connectivity index (χ0) is 58.6. The second kappa shape index (κ2) is 29.5. The molecule has 0 aliphatic rings. The van der Waals surface area contributed by atoms with Gasteiger partial charge in [-0.15, -0.1) is 10.2 Å². The first-order chi connectivity index (χ1) is 38.1. The standard InChI is InChI=1S/C45H38F2N16O14S4.2Li.2Na/c1-22(64)50-34-18-24(10-12-32(34)62-60-26-16-30-28(38(20-26)80(72,73)74)6-3-8-36(30)78(66,67)68)52-44-56-40(46)54-42(58-44)48-14-5-15-49-43-55-41(47)57-45(59-43)53-25-11-13-33(35(19-25)51-23(2)65)63-61-27-17-31-29(39(21-27)81(75,76)77)7-4-9-37(31)79(69,70)71;;;;/h3-4,6-13,16-21H,5,14-15H2,1-2H3,(H,50,64)(H,51,65)(H,66,67,68)(H,69,70,71)(H,72,73,74)(H,75,76,77)(H2,48,52,54,56,58)(H2,49,53,55,57,59);;;;/q;4*+1/p-4. The van der Waals surface area contributed by atoms with Crippen LogP contribution in [0.2, 0.25) is 0 Å². The predicted octanol–water partition coefficient (Wildman–Crippen LogP) is -5.58. The van der Waals surface area contributed by atoms with Crippen LogP contribution in [0.1, 0.15) is 20.3 Å². The Morgan fingerprint density at radius 2 is 0.812 bits per heavy atom. The summed E-state index contributed by atoms with van der Waals surface area (Å²) >= 11 is 0. The largest absolute Gasteiger partial charge is 1.00 e. The SMILES string of the molecule is CC(=O)Nc1cc(Nc2nc(F)nc(NCCCNc3nc(F)nc(Nc4ccc(N=Nc5cc(S(=O)(=O)[O-])c6cccc(S(=O)(=O)[O-])c6c5)c(NC(C)=O)c4)n3)n2)ccc1N=Nc1cc(S(=O)(=O)[O-])c2cccc(S(=O)(=O)[O-])c2c1.[Li+].[Li+].[Na+].[Na+]. The molecule has 0 fully saturated rings. The summed E-state index contributed by atoms with van der Waals surface area (Å²) in [6, 6.07) is 18.1. The molecule has 6 N–H and O–H groups in total. The van der Waals surface area contributed by atoms with Crippen molar-refractivity contribution in [2.75, 3.05) is 45.0 Å². The van der Waals surface area contributed by atoms with Crippen molar-refractivity contribution in [3.05, 3.63) is 109 Å². The molecule has 0 atom stereocenters. The van der Waals surface area contributed by atoms with Crippen molar-refractivity contribution in [3.8, 4) is 0 Å². The molecule has 2 heterocycles. The number of fused-ring (bicyclic) bond motifs is 2. The Bertz CT molecular complexity index is 4160. The van der Waals surface area contributed by atoms with E-state index in [1.54, 1.807) is 0 Å². The fourth-order valence-corrected chi connectivity index (χ4v) is 10.3. The van der Waals surface area contributed by atoms with Gasteiger partial charge in [0, 0.05) is 59.9 Å². The van der Waals surface area contributed by atoms with Crippen LogP contribution in [0.4, 0.5) is 78.1 Å². The Morgan fingerprint density at radius 1 is 0.459 bits per heavy atom. The molecule has 0 saturated heterocycles. The zero-order valence-corrected chi connectivity index (χ0v) is 52.2. The van der Waals surface area contributed by atoms with Crippen LogP contribution >= 0.6 is 0 Å². The smallest absolute Gasteiger partial charge is 0.744 e. The maximum absolute atomic E-state index is 14.7. The first-order valence-electron chi connectivity index (χ1n) is 22.6. The molecule has 8 aromatic rings.